The first-order valence-corrected chi connectivity index (χ1v) is 8.48. The van der Waals surface area contributed by atoms with Crippen molar-refractivity contribution in [2.24, 2.45) is 4.99 Å². The fraction of sp³-hybridized carbons (Fsp3) is 0.308. The number of para-hydroxylation sites is 1. The second-order valence-corrected chi connectivity index (χ2v) is 7.18. The summed E-state index contributed by atoms with van der Waals surface area (Å²) in [5, 5.41) is 4.36. The Bertz CT molecular complexity index is 808. The summed E-state index contributed by atoms with van der Waals surface area (Å²) in [4.78, 5) is 4.63. The molecule has 0 amide bonds. The molecule has 1 aromatic heterocycles. The van der Waals surface area contributed by atoms with E-state index in [0.717, 1.165) is 24.4 Å². The van der Waals surface area contributed by atoms with Gasteiger partial charge in [0, 0.05) is 24.4 Å². The number of nitrogens with one attached hydrogen (secondary N) is 1. The molecule has 2 aromatic rings. The molecule has 0 radical (unpaired) electrons. The molecule has 1 aliphatic rings. The Morgan fingerprint density at radius 1 is 1.45 bits per heavy atom. The second kappa shape index (κ2) is 4.79. The smallest absolute Gasteiger partial charge is 0.177 e. The van der Waals surface area contributed by atoms with E-state index in [9.17, 15) is 8.42 Å². The van der Waals surface area contributed by atoms with Gasteiger partial charge in [-0.3, -0.25) is 4.99 Å². The highest BCUT2D eigenvalue weighted by molar-refractivity contribution is 7.91. The molecule has 20 heavy (non-hydrogen) atoms. The molecule has 7 heteroatoms. The summed E-state index contributed by atoms with van der Waals surface area (Å²) in [6.45, 7) is 2.07. The second-order valence-electron chi connectivity index (χ2n) is 4.78. The standard InChI is InChI=1S/C13H14ClN3O2S/c1-20(18,19)11-7-17(8-12-15-5-6-16-12)13-9(11)3-2-4-10(13)14/h2-4,7H,5-6,8H2,1H3,(H,15,16). The molecule has 106 valence electrons. The Labute approximate surface area is 122 Å². The molecule has 0 fully saturated rings. The first kappa shape index (κ1) is 13.5. The van der Waals surface area contributed by atoms with Gasteiger partial charge in [-0.1, -0.05) is 23.7 Å². The summed E-state index contributed by atoms with van der Waals surface area (Å²) in [6, 6.07) is 5.29. The van der Waals surface area contributed by atoms with Crippen LogP contribution in [0.5, 0.6) is 0 Å². The number of halogens is 1. The number of hydrogen-bond donors (Lipinski definition) is 1. The number of benzene rings is 1. The van der Waals surface area contributed by atoms with Crippen LogP contribution in [-0.4, -0.2) is 38.2 Å². The predicted molar refractivity (Wildman–Crippen MR) is 80.4 cm³/mol. The largest absolute Gasteiger partial charge is 0.370 e. The molecule has 5 nitrogen and oxygen atoms in total. The maximum absolute atomic E-state index is 11.9. The van der Waals surface area contributed by atoms with Crippen molar-refractivity contribution in [2.45, 2.75) is 11.4 Å². The van der Waals surface area contributed by atoms with Gasteiger partial charge in [0.25, 0.3) is 0 Å². The molecule has 1 aliphatic heterocycles. The van der Waals surface area contributed by atoms with Gasteiger partial charge in [-0.2, -0.15) is 0 Å². The molecular formula is C13H14ClN3O2S. The van der Waals surface area contributed by atoms with Crippen LogP contribution in [-0.2, 0) is 16.4 Å². The molecule has 1 aromatic carbocycles. The Hall–Kier alpha value is -1.53. The van der Waals surface area contributed by atoms with Crippen LogP contribution in [0.15, 0.2) is 34.3 Å². The first-order chi connectivity index (χ1) is 9.47. The average Bonchev–Trinajstić information content (AvgIpc) is 2.97. The Balaban J connectivity index is 2.21. The lowest BCUT2D eigenvalue weighted by Gasteiger charge is -2.06. The van der Waals surface area contributed by atoms with E-state index in [1.807, 2.05) is 4.57 Å². The molecule has 2 heterocycles. The minimum absolute atomic E-state index is 0.300. The minimum atomic E-state index is -3.30. The van der Waals surface area contributed by atoms with Crippen molar-refractivity contribution in [1.29, 1.82) is 0 Å². The molecule has 0 saturated heterocycles. The number of fused-ring (bicyclic) bond motifs is 1. The summed E-state index contributed by atoms with van der Waals surface area (Å²) < 4.78 is 25.7. The number of aliphatic imine (C=N–C) groups is 1. The SMILES string of the molecule is CS(=O)(=O)c1cn(CC2=NCCN2)c2c(Cl)cccc12. The molecule has 0 bridgehead atoms. The van der Waals surface area contributed by atoms with Gasteiger partial charge in [-0.25, -0.2) is 8.42 Å². The molecule has 0 spiro atoms. The lowest BCUT2D eigenvalue weighted by Crippen LogP contribution is -2.23. The monoisotopic (exact) mass is 311 g/mol. The summed E-state index contributed by atoms with van der Waals surface area (Å²) in [6.07, 6.45) is 2.84. The molecule has 1 N–H and O–H groups in total. The number of rotatable bonds is 3. The maximum atomic E-state index is 11.9. The van der Waals surface area contributed by atoms with E-state index in [1.165, 1.54) is 6.26 Å². The molecule has 0 aliphatic carbocycles. The maximum Gasteiger partial charge on any atom is 0.177 e. The lowest BCUT2D eigenvalue weighted by molar-refractivity contribution is 0.602. The van der Waals surface area contributed by atoms with Crippen LogP contribution in [0, 0.1) is 0 Å². The highest BCUT2D eigenvalue weighted by Gasteiger charge is 2.19. The highest BCUT2D eigenvalue weighted by atomic mass is 35.5. The quantitative estimate of drug-likeness (QED) is 0.938. The number of hydrogen-bond acceptors (Lipinski definition) is 4. The molecule has 0 atom stereocenters. The van der Waals surface area contributed by atoms with Gasteiger partial charge >= 0.3 is 0 Å². The van der Waals surface area contributed by atoms with Crippen molar-refractivity contribution in [2.75, 3.05) is 19.3 Å². The van der Waals surface area contributed by atoms with Crippen LogP contribution >= 0.6 is 11.6 Å². The van der Waals surface area contributed by atoms with E-state index in [0.29, 0.717) is 21.8 Å². The number of aromatic nitrogens is 1. The summed E-state index contributed by atoms with van der Waals surface area (Å²) in [7, 11) is -3.30. The Morgan fingerprint density at radius 2 is 2.25 bits per heavy atom. The lowest BCUT2D eigenvalue weighted by atomic mass is 10.2. The predicted octanol–water partition coefficient (Wildman–Crippen LogP) is 1.70. The third-order valence-electron chi connectivity index (χ3n) is 3.28. The third-order valence-corrected chi connectivity index (χ3v) is 4.70. The van der Waals surface area contributed by atoms with Gasteiger partial charge in [0.2, 0.25) is 0 Å². The van der Waals surface area contributed by atoms with E-state index >= 15 is 0 Å². The van der Waals surface area contributed by atoms with E-state index < -0.39 is 9.84 Å². The van der Waals surface area contributed by atoms with Crippen LogP contribution in [0.2, 0.25) is 5.02 Å². The third kappa shape index (κ3) is 2.29. The minimum Gasteiger partial charge on any atom is -0.370 e. The molecular weight excluding hydrogens is 298 g/mol. The zero-order chi connectivity index (χ0) is 14.3. The van der Waals surface area contributed by atoms with Crippen molar-refractivity contribution >= 4 is 38.2 Å². The summed E-state index contributed by atoms with van der Waals surface area (Å²) in [5.41, 5.74) is 0.728. The normalized spacial score (nSPS) is 15.4. The topological polar surface area (TPSA) is 63.5 Å². The van der Waals surface area contributed by atoms with Crippen LogP contribution < -0.4 is 5.32 Å². The Kier molecular flexibility index (Phi) is 3.22. The van der Waals surface area contributed by atoms with Crippen molar-refractivity contribution in [3.8, 4) is 0 Å². The summed E-state index contributed by atoms with van der Waals surface area (Å²) in [5.74, 6) is 0.849. The molecule has 0 saturated carbocycles. The number of nitrogens with zero attached hydrogens (tertiary/aromatic N) is 2. The van der Waals surface area contributed by atoms with Crippen LogP contribution in [0.3, 0.4) is 0 Å². The van der Waals surface area contributed by atoms with Gasteiger partial charge in [0.15, 0.2) is 9.84 Å². The number of sulfone groups is 1. The van der Waals surface area contributed by atoms with Gasteiger partial charge < -0.3 is 9.88 Å². The average molecular weight is 312 g/mol. The fourth-order valence-electron chi connectivity index (χ4n) is 2.42. The van der Waals surface area contributed by atoms with E-state index in [4.69, 9.17) is 11.6 Å². The van der Waals surface area contributed by atoms with Crippen molar-refractivity contribution in [3.05, 3.63) is 29.4 Å². The molecule has 0 unspecified atom stereocenters. The Morgan fingerprint density at radius 3 is 2.90 bits per heavy atom. The van der Waals surface area contributed by atoms with Crippen LogP contribution in [0.4, 0.5) is 0 Å². The van der Waals surface area contributed by atoms with Gasteiger partial charge in [-0.05, 0) is 6.07 Å². The zero-order valence-corrected chi connectivity index (χ0v) is 12.5. The van der Waals surface area contributed by atoms with E-state index in [-0.39, 0.29) is 0 Å². The fourth-order valence-corrected chi connectivity index (χ4v) is 3.58. The van der Waals surface area contributed by atoms with Gasteiger partial charge in [0.1, 0.15) is 5.84 Å². The summed E-state index contributed by atoms with van der Waals surface area (Å²) >= 11 is 6.24. The van der Waals surface area contributed by atoms with E-state index in [2.05, 4.69) is 10.3 Å². The molecule has 3 rings (SSSR count). The van der Waals surface area contributed by atoms with Crippen molar-refractivity contribution < 1.29 is 8.42 Å². The number of amidine groups is 1. The first-order valence-electron chi connectivity index (χ1n) is 6.21. The highest BCUT2D eigenvalue weighted by Crippen LogP contribution is 2.30. The van der Waals surface area contributed by atoms with E-state index in [1.54, 1.807) is 24.4 Å². The zero-order valence-electron chi connectivity index (χ0n) is 10.9. The van der Waals surface area contributed by atoms with Crippen LogP contribution in [0.25, 0.3) is 10.9 Å². The van der Waals surface area contributed by atoms with Crippen molar-refractivity contribution in [1.82, 2.24) is 9.88 Å². The van der Waals surface area contributed by atoms with Crippen molar-refractivity contribution in [3.63, 3.8) is 0 Å². The van der Waals surface area contributed by atoms with Crippen LogP contribution in [0.1, 0.15) is 0 Å². The van der Waals surface area contributed by atoms with Gasteiger partial charge in [-0.15, -0.1) is 0 Å². The van der Waals surface area contributed by atoms with Gasteiger partial charge in [0.05, 0.1) is 28.5 Å².